The van der Waals surface area contributed by atoms with E-state index in [2.05, 4.69) is 31.1 Å². The summed E-state index contributed by atoms with van der Waals surface area (Å²) >= 11 is 0. The van der Waals surface area contributed by atoms with E-state index in [1.807, 2.05) is 6.07 Å². The number of carbonyl (C=O) groups excluding carboxylic acids is 1. The second-order valence-corrected chi connectivity index (χ2v) is 6.59. The maximum atomic E-state index is 11.9. The van der Waals surface area contributed by atoms with Crippen molar-refractivity contribution in [2.75, 3.05) is 19.8 Å². The molecule has 0 aliphatic carbocycles. The summed E-state index contributed by atoms with van der Waals surface area (Å²) in [6.45, 7) is 8.79. The van der Waals surface area contributed by atoms with Crippen LogP contribution in [0.25, 0.3) is 0 Å². The van der Waals surface area contributed by atoms with Crippen molar-refractivity contribution in [3.05, 3.63) is 24.0 Å². The van der Waals surface area contributed by atoms with Crippen molar-refractivity contribution in [3.63, 3.8) is 0 Å². The third-order valence-electron chi connectivity index (χ3n) is 3.39. The summed E-state index contributed by atoms with van der Waals surface area (Å²) in [6.07, 6.45) is 5.22. The van der Waals surface area contributed by atoms with Gasteiger partial charge in [0.05, 0.1) is 26.0 Å². The number of carbonyl (C=O) groups is 1. The number of nitrogens with zero attached hydrogens (tertiary/aromatic N) is 2. The molecule has 0 spiro atoms. The number of hydrogen-bond acceptors (Lipinski definition) is 4. The van der Waals surface area contributed by atoms with Gasteiger partial charge in [0, 0.05) is 18.3 Å². The average Bonchev–Trinajstić information content (AvgIpc) is 2.99. The van der Waals surface area contributed by atoms with Gasteiger partial charge in [-0.05, 0) is 24.3 Å². The SMILES string of the molecule is CC(C)(C)CCOc1cnccc1CNC(=O)N1CCCO1. The third kappa shape index (κ3) is 5.18. The van der Waals surface area contributed by atoms with Gasteiger partial charge in [-0.25, -0.2) is 9.86 Å². The monoisotopic (exact) mass is 307 g/mol. The Balaban J connectivity index is 1.86. The van der Waals surface area contributed by atoms with E-state index in [1.165, 1.54) is 5.06 Å². The summed E-state index contributed by atoms with van der Waals surface area (Å²) in [5.74, 6) is 0.717. The van der Waals surface area contributed by atoms with Crippen LogP contribution in [0.1, 0.15) is 39.2 Å². The smallest absolute Gasteiger partial charge is 0.341 e. The molecule has 0 aromatic carbocycles. The second kappa shape index (κ2) is 7.45. The summed E-state index contributed by atoms with van der Waals surface area (Å²) in [5.41, 5.74) is 1.14. The summed E-state index contributed by atoms with van der Waals surface area (Å²) < 4.78 is 5.81. The molecule has 1 N–H and O–H groups in total. The molecule has 6 nitrogen and oxygen atoms in total. The van der Waals surface area contributed by atoms with Crippen molar-refractivity contribution in [1.82, 2.24) is 15.4 Å². The van der Waals surface area contributed by atoms with Crippen LogP contribution in [-0.4, -0.2) is 35.8 Å². The van der Waals surface area contributed by atoms with Crippen LogP contribution in [0.4, 0.5) is 4.79 Å². The van der Waals surface area contributed by atoms with Gasteiger partial charge < -0.3 is 10.1 Å². The minimum absolute atomic E-state index is 0.213. The van der Waals surface area contributed by atoms with Gasteiger partial charge in [0.2, 0.25) is 0 Å². The maximum absolute atomic E-state index is 11.9. The van der Waals surface area contributed by atoms with Gasteiger partial charge >= 0.3 is 6.03 Å². The van der Waals surface area contributed by atoms with E-state index in [0.29, 0.717) is 26.3 Å². The first-order chi connectivity index (χ1) is 10.5. The third-order valence-corrected chi connectivity index (χ3v) is 3.39. The first-order valence-corrected chi connectivity index (χ1v) is 7.70. The zero-order chi connectivity index (χ0) is 16.0. The first kappa shape index (κ1) is 16.5. The van der Waals surface area contributed by atoms with Gasteiger partial charge in [-0.3, -0.25) is 9.82 Å². The molecule has 1 aromatic rings. The lowest BCUT2D eigenvalue weighted by Gasteiger charge is -2.19. The molecule has 1 saturated heterocycles. The largest absolute Gasteiger partial charge is 0.492 e. The lowest BCUT2D eigenvalue weighted by molar-refractivity contribution is -0.0663. The summed E-state index contributed by atoms with van der Waals surface area (Å²) in [5, 5.41) is 4.20. The number of hydrogen-bond donors (Lipinski definition) is 1. The van der Waals surface area contributed by atoms with Crippen molar-refractivity contribution in [2.45, 2.75) is 40.2 Å². The van der Waals surface area contributed by atoms with Gasteiger partial charge in [-0.15, -0.1) is 0 Å². The van der Waals surface area contributed by atoms with Crippen LogP contribution in [0.15, 0.2) is 18.5 Å². The van der Waals surface area contributed by atoms with Crippen LogP contribution < -0.4 is 10.1 Å². The Kier molecular flexibility index (Phi) is 5.60. The molecule has 1 fully saturated rings. The van der Waals surface area contributed by atoms with E-state index in [-0.39, 0.29) is 11.4 Å². The van der Waals surface area contributed by atoms with Gasteiger partial charge in [-0.1, -0.05) is 20.8 Å². The Morgan fingerprint density at radius 1 is 1.50 bits per heavy atom. The fraction of sp³-hybridized carbons (Fsp3) is 0.625. The predicted octanol–water partition coefficient (Wildman–Crippen LogP) is 2.74. The Hall–Kier alpha value is -1.82. The van der Waals surface area contributed by atoms with Crippen LogP contribution in [0.2, 0.25) is 0 Å². The highest BCUT2D eigenvalue weighted by molar-refractivity contribution is 5.73. The minimum atomic E-state index is -0.213. The van der Waals surface area contributed by atoms with Crippen molar-refractivity contribution >= 4 is 6.03 Å². The summed E-state index contributed by atoms with van der Waals surface area (Å²) in [6, 6.07) is 1.65. The molecule has 22 heavy (non-hydrogen) atoms. The van der Waals surface area contributed by atoms with E-state index in [1.54, 1.807) is 12.4 Å². The molecule has 1 aliphatic heterocycles. The highest BCUT2D eigenvalue weighted by Gasteiger charge is 2.19. The van der Waals surface area contributed by atoms with E-state index in [4.69, 9.17) is 9.57 Å². The number of hydroxylamine groups is 2. The molecule has 0 saturated carbocycles. The lowest BCUT2D eigenvalue weighted by Crippen LogP contribution is -2.36. The molecule has 0 atom stereocenters. The molecule has 2 amide bonds. The number of rotatable bonds is 5. The van der Waals surface area contributed by atoms with E-state index in [0.717, 1.165) is 24.2 Å². The molecule has 2 rings (SSSR count). The van der Waals surface area contributed by atoms with Crippen LogP contribution in [0, 0.1) is 5.41 Å². The Morgan fingerprint density at radius 2 is 2.32 bits per heavy atom. The van der Waals surface area contributed by atoms with Crippen molar-refractivity contribution in [2.24, 2.45) is 5.41 Å². The van der Waals surface area contributed by atoms with E-state index in [9.17, 15) is 4.79 Å². The van der Waals surface area contributed by atoms with Crippen LogP contribution in [0.3, 0.4) is 0 Å². The second-order valence-electron chi connectivity index (χ2n) is 6.59. The molecule has 0 unspecified atom stereocenters. The Labute approximate surface area is 131 Å². The Bertz CT molecular complexity index is 494. The first-order valence-electron chi connectivity index (χ1n) is 7.70. The molecule has 6 heteroatoms. The quantitative estimate of drug-likeness (QED) is 0.908. The number of nitrogens with one attached hydrogen (secondary N) is 1. The molecule has 122 valence electrons. The summed E-state index contributed by atoms with van der Waals surface area (Å²) in [4.78, 5) is 21.2. The van der Waals surface area contributed by atoms with E-state index >= 15 is 0 Å². The van der Waals surface area contributed by atoms with Gasteiger partial charge in [0.15, 0.2) is 0 Å². The molecule has 2 heterocycles. The maximum Gasteiger partial charge on any atom is 0.341 e. The average molecular weight is 307 g/mol. The minimum Gasteiger partial charge on any atom is -0.492 e. The van der Waals surface area contributed by atoms with Crippen LogP contribution in [-0.2, 0) is 11.4 Å². The van der Waals surface area contributed by atoms with E-state index < -0.39 is 0 Å². The van der Waals surface area contributed by atoms with Crippen LogP contribution >= 0.6 is 0 Å². The predicted molar refractivity (Wildman–Crippen MR) is 83.3 cm³/mol. The van der Waals surface area contributed by atoms with Crippen molar-refractivity contribution < 1.29 is 14.4 Å². The van der Waals surface area contributed by atoms with Gasteiger partial charge in [-0.2, -0.15) is 0 Å². The number of ether oxygens (including phenoxy) is 1. The molecule has 0 radical (unpaired) electrons. The number of urea groups is 1. The number of aromatic nitrogens is 1. The zero-order valence-corrected chi connectivity index (χ0v) is 13.6. The Morgan fingerprint density at radius 3 is 3.00 bits per heavy atom. The van der Waals surface area contributed by atoms with Crippen molar-refractivity contribution in [3.8, 4) is 5.75 Å². The molecule has 1 aromatic heterocycles. The molecular weight excluding hydrogens is 282 g/mol. The molecule has 0 bridgehead atoms. The fourth-order valence-corrected chi connectivity index (χ4v) is 2.02. The lowest BCUT2D eigenvalue weighted by atomic mass is 9.93. The number of pyridine rings is 1. The topological polar surface area (TPSA) is 63.7 Å². The zero-order valence-electron chi connectivity index (χ0n) is 13.6. The standard InChI is InChI=1S/C16H25N3O3/c1-16(2,3)6-10-21-14-12-17-7-5-13(14)11-18-15(20)19-8-4-9-22-19/h5,7,12H,4,6,8-11H2,1-3H3,(H,18,20). The molecule has 1 aliphatic rings. The highest BCUT2D eigenvalue weighted by atomic mass is 16.7. The molecular formula is C16H25N3O3. The number of amides is 2. The van der Waals surface area contributed by atoms with Crippen LogP contribution in [0.5, 0.6) is 5.75 Å². The highest BCUT2D eigenvalue weighted by Crippen LogP contribution is 2.21. The fourth-order valence-electron chi connectivity index (χ4n) is 2.02. The van der Waals surface area contributed by atoms with Gasteiger partial charge in [0.25, 0.3) is 0 Å². The summed E-state index contributed by atoms with van der Waals surface area (Å²) in [7, 11) is 0. The normalized spacial score (nSPS) is 15.0. The van der Waals surface area contributed by atoms with Gasteiger partial charge in [0.1, 0.15) is 5.75 Å². The van der Waals surface area contributed by atoms with Crippen molar-refractivity contribution in [1.29, 1.82) is 0 Å².